The monoisotopic (exact) mass is 330 g/mol. The van der Waals surface area contributed by atoms with Crippen LogP contribution in [-0.2, 0) is 15.8 Å². The molecule has 0 atom stereocenters. The van der Waals surface area contributed by atoms with Crippen molar-refractivity contribution < 1.29 is 22.8 Å². The van der Waals surface area contributed by atoms with Crippen molar-refractivity contribution in [2.75, 3.05) is 18.4 Å². The number of hydrogen-bond donors (Lipinski definition) is 1. The summed E-state index contributed by atoms with van der Waals surface area (Å²) in [6, 6.07) is 4.75. The van der Waals surface area contributed by atoms with E-state index >= 15 is 0 Å². The second kappa shape index (κ2) is 7.99. The van der Waals surface area contributed by atoms with Gasteiger partial charge in [-0.3, -0.25) is 9.59 Å². The molecule has 1 rings (SSSR count). The van der Waals surface area contributed by atoms with Gasteiger partial charge < -0.3 is 10.2 Å². The smallest absolute Gasteiger partial charge is 0.334 e. The van der Waals surface area contributed by atoms with Crippen LogP contribution in [0.25, 0.3) is 0 Å². The molecule has 2 amide bonds. The molecule has 1 aromatic carbocycles. The molecule has 4 nitrogen and oxygen atoms in total. The molecule has 0 heterocycles. The third-order valence-electron chi connectivity index (χ3n) is 3.26. The zero-order valence-corrected chi connectivity index (χ0v) is 13.4. The van der Waals surface area contributed by atoms with Gasteiger partial charge in [0.15, 0.2) is 0 Å². The van der Waals surface area contributed by atoms with Crippen LogP contribution in [0.2, 0.25) is 0 Å². The van der Waals surface area contributed by atoms with E-state index in [0.717, 1.165) is 6.07 Å². The predicted molar refractivity (Wildman–Crippen MR) is 81.8 cm³/mol. The Balaban J connectivity index is 2.78. The van der Waals surface area contributed by atoms with Crippen LogP contribution in [0.4, 0.5) is 18.9 Å². The van der Waals surface area contributed by atoms with Gasteiger partial charge in [0.05, 0.1) is 17.8 Å². The van der Waals surface area contributed by atoms with E-state index in [1.54, 1.807) is 0 Å². The van der Waals surface area contributed by atoms with Crippen LogP contribution < -0.4 is 5.32 Å². The molecule has 128 valence electrons. The molecular weight excluding hydrogens is 309 g/mol. The number of anilines is 1. The van der Waals surface area contributed by atoms with E-state index in [0.29, 0.717) is 18.9 Å². The number of amides is 2. The molecular formula is C16H21F3N2O2. The number of hydrogen-bond acceptors (Lipinski definition) is 2. The first-order chi connectivity index (χ1) is 10.6. The summed E-state index contributed by atoms with van der Waals surface area (Å²) in [6.07, 6.45) is -3.84. The van der Waals surface area contributed by atoms with Crippen molar-refractivity contribution in [3.05, 3.63) is 29.8 Å². The van der Waals surface area contributed by atoms with Gasteiger partial charge >= 0.3 is 6.18 Å². The molecule has 0 aliphatic rings. The summed E-state index contributed by atoms with van der Waals surface area (Å²) in [5.74, 6) is -0.587. The van der Waals surface area contributed by atoms with Crippen LogP contribution in [0.5, 0.6) is 0 Å². The fourth-order valence-electron chi connectivity index (χ4n) is 1.96. The van der Waals surface area contributed by atoms with E-state index in [1.807, 2.05) is 13.8 Å². The van der Waals surface area contributed by atoms with Gasteiger partial charge in [0.1, 0.15) is 0 Å². The van der Waals surface area contributed by atoms with E-state index < -0.39 is 17.6 Å². The van der Waals surface area contributed by atoms with Gasteiger partial charge in [0.25, 0.3) is 0 Å². The van der Waals surface area contributed by atoms with Gasteiger partial charge in [0.2, 0.25) is 11.8 Å². The Morgan fingerprint density at radius 2 is 1.83 bits per heavy atom. The lowest BCUT2D eigenvalue weighted by atomic mass is 10.1. The lowest BCUT2D eigenvalue weighted by molar-refractivity contribution is -0.137. The minimum Gasteiger partial charge on any atom is -0.334 e. The second-order valence-electron chi connectivity index (χ2n) is 5.71. The SMILES string of the molecule is CC(=O)N(CCC(C)C)CC(=O)Nc1ccccc1C(F)(F)F. The number of rotatable bonds is 6. The largest absolute Gasteiger partial charge is 0.418 e. The summed E-state index contributed by atoms with van der Waals surface area (Å²) >= 11 is 0. The summed E-state index contributed by atoms with van der Waals surface area (Å²) in [4.78, 5) is 24.8. The fourth-order valence-corrected chi connectivity index (χ4v) is 1.96. The van der Waals surface area contributed by atoms with Crippen molar-refractivity contribution in [3.8, 4) is 0 Å². The molecule has 0 spiro atoms. The molecule has 0 aromatic heterocycles. The maximum absolute atomic E-state index is 12.9. The average molecular weight is 330 g/mol. The first-order valence-corrected chi connectivity index (χ1v) is 7.33. The highest BCUT2D eigenvalue weighted by atomic mass is 19.4. The molecule has 0 unspecified atom stereocenters. The van der Waals surface area contributed by atoms with Crippen LogP contribution >= 0.6 is 0 Å². The Labute approximate surface area is 133 Å². The predicted octanol–water partition coefficient (Wildman–Crippen LogP) is 3.54. The number of nitrogens with one attached hydrogen (secondary N) is 1. The first-order valence-electron chi connectivity index (χ1n) is 7.33. The number of benzene rings is 1. The maximum atomic E-state index is 12.9. The number of halogens is 3. The highest BCUT2D eigenvalue weighted by Crippen LogP contribution is 2.34. The third kappa shape index (κ3) is 6.30. The molecule has 0 fully saturated rings. The van der Waals surface area contributed by atoms with Crippen molar-refractivity contribution >= 4 is 17.5 Å². The van der Waals surface area contributed by atoms with Crippen molar-refractivity contribution in [2.45, 2.75) is 33.4 Å². The van der Waals surface area contributed by atoms with E-state index in [4.69, 9.17) is 0 Å². The number of para-hydroxylation sites is 1. The van der Waals surface area contributed by atoms with Gasteiger partial charge in [0, 0.05) is 13.5 Å². The van der Waals surface area contributed by atoms with Gasteiger partial charge in [-0.25, -0.2) is 0 Å². The van der Waals surface area contributed by atoms with Gasteiger partial charge in [-0.05, 0) is 24.5 Å². The highest BCUT2D eigenvalue weighted by molar-refractivity contribution is 5.95. The van der Waals surface area contributed by atoms with Crippen LogP contribution in [0, 0.1) is 5.92 Å². The number of nitrogens with zero attached hydrogens (tertiary/aromatic N) is 1. The molecule has 0 aliphatic heterocycles. The molecule has 0 radical (unpaired) electrons. The molecule has 0 saturated heterocycles. The minimum atomic E-state index is -4.55. The maximum Gasteiger partial charge on any atom is 0.418 e. The van der Waals surface area contributed by atoms with E-state index in [1.165, 1.54) is 30.0 Å². The molecule has 7 heteroatoms. The van der Waals surface area contributed by atoms with Crippen LogP contribution in [0.1, 0.15) is 32.8 Å². The van der Waals surface area contributed by atoms with Crippen molar-refractivity contribution in [2.24, 2.45) is 5.92 Å². The lowest BCUT2D eigenvalue weighted by Crippen LogP contribution is -2.37. The lowest BCUT2D eigenvalue weighted by Gasteiger charge is -2.22. The average Bonchev–Trinajstić information content (AvgIpc) is 2.42. The Kier molecular flexibility index (Phi) is 6.60. The minimum absolute atomic E-state index is 0.270. The molecule has 0 bridgehead atoms. The number of carbonyl (C=O) groups excluding carboxylic acids is 2. The normalized spacial score (nSPS) is 11.4. The topological polar surface area (TPSA) is 49.4 Å². The summed E-state index contributed by atoms with van der Waals surface area (Å²) in [5.41, 5.74) is -1.22. The van der Waals surface area contributed by atoms with Gasteiger partial charge in [-0.2, -0.15) is 13.2 Å². The first kappa shape index (κ1) is 19.0. The third-order valence-corrected chi connectivity index (χ3v) is 3.26. The Bertz CT molecular complexity index is 557. The summed E-state index contributed by atoms with van der Waals surface area (Å²) < 4.78 is 38.6. The van der Waals surface area contributed by atoms with Gasteiger partial charge in [-0.15, -0.1) is 0 Å². The van der Waals surface area contributed by atoms with Crippen LogP contribution in [-0.4, -0.2) is 29.8 Å². The molecule has 1 aromatic rings. The Hall–Kier alpha value is -2.05. The zero-order chi connectivity index (χ0) is 17.6. The molecule has 0 aliphatic carbocycles. The fraction of sp³-hybridized carbons (Fsp3) is 0.500. The summed E-state index contributed by atoms with van der Waals surface area (Å²) in [7, 11) is 0. The Morgan fingerprint density at radius 3 is 2.35 bits per heavy atom. The highest BCUT2D eigenvalue weighted by Gasteiger charge is 2.33. The van der Waals surface area contributed by atoms with E-state index in [9.17, 15) is 22.8 Å². The second-order valence-corrected chi connectivity index (χ2v) is 5.71. The van der Waals surface area contributed by atoms with Crippen LogP contribution in [0.15, 0.2) is 24.3 Å². The summed E-state index contributed by atoms with van der Waals surface area (Å²) in [5, 5.41) is 2.24. The summed E-state index contributed by atoms with van der Waals surface area (Å²) in [6.45, 7) is 5.42. The van der Waals surface area contributed by atoms with Crippen molar-refractivity contribution in [1.82, 2.24) is 4.90 Å². The Morgan fingerprint density at radius 1 is 1.22 bits per heavy atom. The van der Waals surface area contributed by atoms with E-state index in [-0.39, 0.29) is 18.1 Å². The quantitative estimate of drug-likeness (QED) is 0.867. The van der Waals surface area contributed by atoms with Crippen LogP contribution in [0.3, 0.4) is 0 Å². The number of alkyl halides is 3. The molecule has 0 saturated carbocycles. The number of carbonyl (C=O) groups is 2. The molecule has 23 heavy (non-hydrogen) atoms. The van der Waals surface area contributed by atoms with Crippen molar-refractivity contribution in [3.63, 3.8) is 0 Å². The van der Waals surface area contributed by atoms with Gasteiger partial charge in [-0.1, -0.05) is 26.0 Å². The zero-order valence-electron chi connectivity index (χ0n) is 13.4. The van der Waals surface area contributed by atoms with Crippen molar-refractivity contribution in [1.29, 1.82) is 0 Å². The molecule has 1 N–H and O–H groups in total. The van der Waals surface area contributed by atoms with E-state index in [2.05, 4.69) is 5.32 Å². The standard InChI is InChI=1S/C16H21F3N2O2/c1-11(2)8-9-21(12(3)22)10-15(23)20-14-7-5-4-6-13(14)16(17,18)19/h4-7,11H,8-10H2,1-3H3,(H,20,23).